The maximum Gasteiger partial charge on any atom is 0.333 e. The summed E-state index contributed by atoms with van der Waals surface area (Å²) < 4.78 is 6.06. The predicted molar refractivity (Wildman–Crippen MR) is 69.1 cm³/mol. The third-order valence-corrected chi connectivity index (χ3v) is 2.57. The number of esters is 1. The molecule has 0 aromatic carbocycles. The van der Waals surface area contributed by atoms with Crippen molar-refractivity contribution >= 4 is 17.5 Å². The van der Waals surface area contributed by atoms with E-state index in [9.17, 15) is 14.9 Å². The van der Waals surface area contributed by atoms with E-state index in [2.05, 4.69) is 15.2 Å². The molecule has 0 amide bonds. The van der Waals surface area contributed by atoms with Gasteiger partial charge in [0.15, 0.2) is 0 Å². The van der Waals surface area contributed by atoms with E-state index in [1.54, 1.807) is 11.6 Å². The van der Waals surface area contributed by atoms with Gasteiger partial charge in [0.25, 0.3) is 0 Å². The first-order valence-electron chi connectivity index (χ1n) is 5.92. The zero-order valence-corrected chi connectivity index (χ0v) is 11.5. The average molecular weight is 270 g/mol. The van der Waals surface area contributed by atoms with E-state index in [1.807, 2.05) is 13.8 Å². The maximum absolute atomic E-state index is 11.1. The van der Waals surface area contributed by atoms with Crippen LogP contribution < -0.4 is 5.32 Å². The molecule has 0 unspecified atom stereocenters. The van der Waals surface area contributed by atoms with E-state index in [0.717, 1.165) is 0 Å². The van der Waals surface area contributed by atoms with E-state index in [4.69, 9.17) is 0 Å². The molecule has 1 N–H and O–H groups in total. The van der Waals surface area contributed by atoms with Crippen LogP contribution in [-0.2, 0) is 9.53 Å². The Kier molecular flexibility index (Phi) is 4.85. The fraction of sp³-hybridized carbons (Fsp3) is 0.636. The van der Waals surface area contributed by atoms with Crippen LogP contribution in [-0.4, -0.2) is 34.3 Å². The largest absolute Gasteiger partial charge is 0.469 e. The van der Waals surface area contributed by atoms with Gasteiger partial charge in [-0.3, -0.25) is 14.9 Å². The number of ether oxygens (including phenoxy) is 1. The van der Waals surface area contributed by atoms with Crippen molar-refractivity contribution in [3.63, 3.8) is 0 Å². The standard InChI is InChI=1S/C11H18N4O4/c1-7(2)14-11(12-6-5-9(16)19-4)10(15(17)18)8(3)13-14/h7,12H,5-6H2,1-4H3. The van der Waals surface area contributed by atoms with Gasteiger partial charge >= 0.3 is 11.7 Å². The van der Waals surface area contributed by atoms with Gasteiger partial charge in [-0.05, 0) is 20.8 Å². The number of carbonyl (C=O) groups is 1. The van der Waals surface area contributed by atoms with Crippen molar-refractivity contribution in [1.82, 2.24) is 9.78 Å². The topological polar surface area (TPSA) is 99.3 Å². The number of nitro groups is 1. The minimum absolute atomic E-state index is 0.0203. The van der Waals surface area contributed by atoms with Crippen LogP contribution in [0.4, 0.5) is 11.5 Å². The van der Waals surface area contributed by atoms with Gasteiger partial charge in [-0.25, -0.2) is 4.68 Å². The number of rotatable bonds is 6. The second kappa shape index (κ2) is 6.17. The molecule has 19 heavy (non-hydrogen) atoms. The van der Waals surface area contributed by atoms with Crippen molar-refractivity contribution in [1.29, 1.82) is 0 Å². The minimum atomic E-state index is -0.471. The number of anilines is 1. The van der Waals surface area contributed by atoms with Crippen molar-refractivity contribution in [2.75, 3.05) is 19.0 Å². The number of nitrogens with zero attached hydrogens (tertiary/aromatic N) is 3. The van der Waals surface area contributed by atoms with Crippen LogP contribution in [0.25, 0.3) is 0 Å². The summed E-state index contributed by atoms with van der Waals surface area (Å²) in [5.74, 6) is -0.0520. The summed E-state index contributed by atoms with van der Waals surface area (Å²) in [6.45, 7) is 5.59. The lowest BCUT2D eigenvalue weighted by molar-refractivity contribution is -0.384. The smallest absolute Gasteiger partial charge is 0.333 e. The van der Waals surface area contributed by atoms with E-state index in [0.29, 0.717) is 11.5 Å². The third-order valence-electron chi connectivity index (χ3n) is 2.57. The van der Waals surface area contributed by atoms with Crippen LogP contribution in [0.1, 0.15) is 32.0 Å². The van der Waals surface area contributed by atoms with Gasteiger partial charge in [-0.1, -0.05) is 0 Å². The van der Waals surface area contributed by atoms with Crippen molar-refractivity contribution in [3.05, 3.63) is 15.8 Å². The van der Waals surface area contributed by atoms with E-state index >= 15 is 0 Å². The lowest BCUT2D eigenvalue weighted by Crippen LogP contribution is -2.14. The highest BCUT2D eigenvalue weighted by atomic mass is 16.6. The molecule has 0 bridgehead atoms. The lowest BCUT2D eigenvalue weighted by Gasteiger charge is -2.11. The Morgan fingerprint density at radius 2 is 2.21 bits per heavy atom. The number of aromatic nitrogens is 2. The minimum Gasteiger partial charge on any atom is -0.469 e. The van der Waals surface area contributed by atoms with Gasteiger partial charge in [-0.15, -0.1) is 0 Å². The molecule has 0 aliphatic heterocycles. The van der Waals surface area contributed by atoms with Crippen LogP contribution in [0.2, 0.25) is 0 Å². The van der Waals surface area contributed by atoms with Gasteiger partial charge in [0, 0.05) is 12.6 Å². The second-order valence-corrected chi connectivity index (χ2v) is 4.33. The number of nitrogens with one attached hydrogen (secondary N) is 1. The van der Waals surface area contributed by atoms with E-state index in [-0.39, 0.29) is 30.7 Å². The van der Waals surface area contributed by atoms with E-state index in [1.165, 1.54) is 7.11 Å². The molecule has 0 fully saturated rings. The highest BCUT2D eigenvalue weighted by Crippen LogP contribution is 2.30. The zero-order chi connectivity index (χ0) is 14.6. The lowest BCUT2D eigenvalue weighted by atomic mass is 10.3. The van der Waals surface area contributed by atoms with Gasteiger partial charge in [0.2, 0.25) is 5.82 Å². The number of hydrogen-bond donors (Lipinski definition) is 1. The first-order chi connectivity index (χ1) is 8.88. The van der Waals surface area contributed by atoms with Gasteiger partial charge in [0.1, 0.15) is 5.69 Å². The molecule has 106 valence electrons. The molecular weight excluding hydrogens is 252 g/mol. The Balaban J connectivity index is 2.95. The van der Waals surface area contributed by atoms with Crippen LogP contribution in [0, 0.1) is 17.0 Å². The van der Waals surface area contributed by atoms with Crippen molar-refractivity contribution in [2.45, 2.75) is 33.2 Å². The highest BCUT2D eigenvalue weighted by Gasteiger charge is 2.26. The van der Waals surface area contributed by atoms with Crippen LogP contribution in [0.15, 0.2) is 0 Å². The Hall–Kier alpha value is -2.12. The first kappa shape index (κ1) is 14.9. The molecule has 0 aliphatic carbocycles. The number of aryl methyl sites for hydroxylation is 1. The van der Waals surface area contributed by atoms with Gasteiger partial charge < -0.3 is 10.1 Å². The second-order valence-electron chi connectivity index (χ2n) is 4.33. The normalized spacial score (nSPS) is 10.6. The van der Waals surface area contributed by atoms with Crippen molar-refractivity contribution in [2.24, 2.45) is 0 Å². The predicted octanol–water partition coefficient (Wildman–Crippen LogP) is 1.66. The molecule has 1 aromatic heterocycles. The molecule has 1 aromatic rings. The third kappa shape index (κ3) is 3.43. The summed E-state index contributed by atoms with van der Waals surface area (Å²) in [6, 6.07) is -0.0203. The van der Waals surface area contributed by atoms with Crippen LogP contribution in [0.5, 0.6) is 0 Å². The first-order valence-corrected chi connectivity index (χ1v) is 5.92. The number of methoxy groups -OCH3 is 1. The molecule has 0 saturated heterocycles. The Bertz CT molecular complexity index is 481. The maximum atomic E-state index is 11.1. The van der Waals surface area contributed by atoms with Crippen LogP contribution in [0.3, 0.4) is 0 Å². The molecule has 0 saturated carbocycles. The quantitative estimate of drug-likeness (QED) is 0.479. The van der Waals surface area contributed by atoms with E-state index < -0.39 is 4.92 Å². The molecule has 0 spiro atoms. The average Bonchev–Trinajstić information content (AvgIpc) is 2.66. The summed E-state index contributed by atoms with van der Waals surface area (Å²) >= 11 is 0. The van der Waals surface area contributed by atoms with Gasteiger partial charge in [-0.2, -0.15) is 5.10 Å². The van der Waals surface area contributed by atoms with Crippen molar-refractivity contribution in [3.8, 4) is 0 Å². The summed E-state index contributed by atoms with van der Waals surface area (Å²) in [7, 11) is 1.30. The SMILES string of the molecule is COC(=O)CCNc1c([N+](=O)[O-])c(C)nn1C(C)C. The fourth-order valence-corrected chi connectivity index (χ4v) is 1.68. The number of hydrogen-bond acceptors (Lipinski definition) is 6. The molecule has 0 radical (unpaired) electrons. The summed E-state index contributed by atoms with van der Waals surface area (Å²) in [6.07, 6.45) is 0.135. The van der Waals surface area contributed by atoms with Crippen LogP contribution >= 0.6 is 0 Å². The summed E-state index contributed by atoms with van der Waals surface area (Å²) in [5.41, 5.74) is 0.290. The highest BCUT2D eigenvalue weighted by molar-refractivity contribution is 5.70. The molecule has 1 rings (SSSR count). The molecule has 8 nitrogen and oxygen atoms in total. The molecular formula is C11H18N4O4. The molecule has 0 aliphatic rings. The van der Waals surface area contributed by atoms with Gasteiger partial charge in [0.05, 0.1) is 18.5 Å². The number of carbonyl (C=O) groups excluding carboxylic acids is 1. The Morgan fingerprint density at radius 1 is 1.58 bits per heavy atom. The Labute approximate surface area is 110 Å². The Morgan fingerprint density at radius 3 is 2.68 bits per heavy atom. The van der Waals surface area contributed by atoms with Crippen molar-refractivity contribution < 1.29 is 14.5 Å². The zero-order valence-electron chi connectivity index (χ0n) is 11.5. The fourth-order valence-electron chi connectivity index (χ4n) is 1.68. The summed E-state index contributed by atoms with van der Waals surface area (Å²) in [4.78, 5) is 21.6. The molecule has 0 atom stereocenters. The summed E-state index contributed by atoms with van der Waals surface area (Å²) in [5, 5.41) is 18.1. The molecule has 1 heterocycles. The molecule has 8 heteroatoms. The monoisotopic (exact) mass is 270 g/mol.